The van der Waals surface area contributed by atoms with Crippen LogP contribution in [0.25, 0.3) is 0 Å². The van der Waals surface area contributed by atoms with E-state index in [1.165, 1.54) is 6.08 Å². The quantitative estimate of drug-likeness (QED) is 0.346. The Morgan fingerprint density at radius 2 is 2.36 bits per heavy atom. The molecule has 0 aromatic carbocycles. The summed E-state index contributed by atoms with van der Waals surface area (Å²) in [7, 11) is -3.64. The maximum Gasteiger partial charge on any atom is 0.323 e. The fraction of sp³-hybridized carbons (Fsp3) is 0.600. The molecule has 140 valence electrons. The number of aliphatic hydroxyl groups is 1. The number of nitrogens with zero attached hydrogens (tertiary/aromatic N) is 2. The van der Waals surface area contributed by atoms with Gasteiger partial charge in [0.2, 0.25) is 0 Å². The predicted molar refractivity (Wildman–Crippen MR) is 88.7 cm³/mol. The van der Waals surface area contributed by atoms with Gasteiger partial charge in [0.05, 0.1) is 24.9 Å². The number of aryl methyl sites for hydroxylation is 1. The summed E-state index contributed by atoms with van der Waals surface area (Å²) in [6.07, 6.45) is 5.94. The SMILES string of the molecule is C=CCOC(=O)C1NC(OS(C)(=O)=O)CC1CCn1cnc(CO)c1. The minimum atomic E-state index is -3.64. The van der Waals surface area contributed by atoms with Crippen LogP contribution in [0, 0.1) is 5.92 Å². The molecule has 0 amide bonds. The first kappa shape index (κ1) is 19.6. The zero-order valence-electron chi connectivity index (χ0n) is 14.0. The molecule has 1 saturated heterocycles. The number of carbonyl (C=O) groups excluding carboxylic acids is 1. The van der Waals surface area contributed by atoms with Gasteiger partial charge in [0.25, 0.3) is 10.1 Å². The van der Waals surface area contributed by atoms with E-state index < -0.39 is 28.4 Å². The van der Waals surface area contributed by atoms with Crippen molar-refractivity contribution in [2.45, 2.75) is 38.3 Å². The molecule has 25 heavy (non-hydrogen) atoms. The summed E-state index contributed by atoms with van der Waals surface area (Å²) in [5.41, 5.74) is 0.560. The second-order valence-corrected chi connectivity index (χ2v) is 7.50. The van der Waals surface area contributed by atoms with Crippen molar-refractivity contribution < 1.29 is 27.2 Å². The molecule has 9 nitrogen and oxygen atoms in total. The van der Waals surface area contributed by atoms with Gasteiger partial charge >= 0.3 is 5.97 Å². The zero-order valence-corrected chi connectivity index (χ0v) is 14.8. The third kappa shape index (κ3) is 5.92. The number of aliphatic hydroxyl groups excluding tert-OH is 1. The Balaban J connectivity index is 2.01. The number of hydrogen-bond donors (Lipinski definition) is 2. The van der Waals surface area contributed by atoms with Crippen LogP contribution in [0.3, 0.4) is 0 Å². The van der Waals surface area contributed by atoms with Crippen molar-refractivity contribution in [1.82, 2.24) is 14.9 Å². The van der Waals surface area contributed by atoms with E-state index in [4.69, 9.17) is 14.0 Å². The molecule has 2 rings (SSSR count). The van der Waals surface area contributed by atoms with Gasteiger partial charge in [-0.25, -0.2) is 4.98 Å². The number of aromatic nitrogens is 2. The summed E-state index contributed by atoms with van der Waals surface area (Å²) in [6, 6.07) is -0.660. The number of imidazole rings is 1. The summed E-state index contributed by atoms with van der Waals surface area (Å²) < 4.78 is 34.5. The molecule has 1 aliphatic rings. The monoisotopic (exact) mass is 373 g/mol. The van der Waals surface area contributed by atoms with Gasteiger partial charge in [-0.2, -0.15) is 8.42 Å². The van der Waals surface area contributed by atoms with E-state index in [1.54, 1.807) is 12.5 Å². The summed E-state index contributed by atoms with van der Waals surface area (Å²) in [5, 5.41) is 11.9. The summed E-state index contributed by atoms with van der Waals surface area (Å²) in [4.78, 5) is 16.2. The number of rotatable bonds is 9. The average molecular weight is 373 g/mol. The highest BCUT2D eigenvalue weighted by molar-refractivity contribution is 7.86. The maximum atomic E-state index is 12.2. The Kier molecular flexibility index (Phi) is 6.71. The van der Waals surface area contributed by atoms with Crippen LogP contribution in [-0.4, -0.2) is 54.2 Å². The first-order chi connectivity index (χ1) is 11.8. The highest BCUT2D eigenvalue weighted by Gasteiger charge is 2.40. The molecular formula is C15H23N3O6S. The van der Waals surface area contributed by atoms with E-state index >= 15 is 0 Å². The highest BCUT2D eigenvalue weighted by Crippen LogP contribution is 2.27. The Morgan fingerprint density at radius 3 is 2.96 bits per heavy atom. The summed E-state index contributed by atoms with van der Waals surface area (Å²) in [6.45, 7) is 4.01. The van der Waals surface area contributed by atoms with Crippen molar-refractivity contribution in [3.05, 3.63) is 30.9 Å². The van der Waals surface area contributed by atoms with Crippen molar-refractivity contribution in [1.29, 1.82) is 0 Å². The highest BCUT2D eigenvalue weighted by atomic mass is 32.2. The molecule has 0 bridgehead atoms. The van der Waals surface area contributed by atoms with Gasteiger partial charge in [-0.15, -0.1) is 0 Å². The molecule has 2 heterocycles. The number of ether oxygens (including phenoxy) is 1. The van der Waals surface area contributed by atoms with Gasteiger partial charge in [0, 0.05) is 12.7 Å². The molecule has 0 aliphatic carbocycles. The first-order valence-electron chi connectivity index (χ1n) is 7.85. The normalized spacial score (nSPS) is 23.5. The Morgan fingerprint density at radius 1 is 1.60 bits per heavy atom. The molecule has 1 aliphatic heterocycles. The van der Waals surface area contributed by atoms with Crippen LogP contribution in [-0.2, 0) is 37.0 Å². The first-order valence-corrected chi connectivity index (χ1v) is 9.67. The Hall–Kier alpha value is -1.75. The van der Waals surface area contributed by atoms with E-state index in [0.29, 0.717) is 25.1 Å². The Labute approximate surface area is 146 Å². The van der Waals surface area contributed by atoms with Crippen molar-refractivity contribution in [2.75, 3.05) is 12.9 Å². The molecular weight excluding hydrogens is 350 g/mol. The second-order valence-electron chi connectivity index (χ2n) is 5.90. The van der Waals surface area contributed by atoms with Gasteiger partial charge in [-0.1, -0.05) is 12.7 Å². The second kappa shape index (κ2) is 8.56. The molecule has 3 unspecified atom stereocenters. The lowest BCUT2D eigenvalue weighted by atomic mass is 9.96. The van der Waals surface area contributed by atoms with Crippen molar-refractivity contribution in [3.8, 4) is 0 Å². The number of nitrogens with one attached hydrogen (secondary N) is 1. The van der Waals surface area contributed by atoms with Crippen LogP contribution in [0.5, 0.6) is 0 Å². The van der Waals surface area contributed by atoms with Gasteiger partial charge in [0.15, 0.2) is 0 Å². The standard InChI is InChI=1S/C15H23N3O6S/c1-3-6-23-15(20)14-11(7-13(17-14)24-25(2,21)22)4-5-18-8-12(9-19)16-10-18/h3,8,10-11,13-14,17,19H,1,4-7,9H2,2H3. The minimum Gasteiger partial charge on any atom is -0.460 e. The summed E-state index contributed by atoms with van der Waals surface area (Å²) >= 11 is 0. The third-order valence-corrected chi connectivity index (χ3v) is 4.43. The average Bonchev–Trinajstić information content (AvgIpc) is 3.15. The largest absolute Gasteiger partial charge is 0.460 e. The number of hydrogen-bond acceptors (Lipinski definition) is 8. The topological polar surface area (TPSA) is 120 Å². The lowest BCUT2D eigenvalue weighted by Crippen LogP contribution is -2.41. The van der Waals surface area contributed by atoms with Crippen molar-refractivity contribution in [3.63, 3.8) is 0 Å². The van der Waals surface area contributed by atoms with Gasteiger partial charge in [0.1, 0.15) is 18.9 Å². The Bertz CT molecular complexity index is 702. The van der Waals surface area contributed by atoms with Crippen LogP contribution >= 0.6 is 0 Å². The van der Waals surface area contributed by atoms with E-state index in [9.17, 15) is 13.2 Å². The van der Waals surface area contributed by atoms with E-state index in [0.717, 1.165) is 6.26 Å². The summed E-state index contributed by atoms with van der Waals surface area (Å²) in [5.74, 6) is -0.629. The molecule has 3 atom stereocenters. The number of esters is 1. The molecule has 10 heteroatoms. The molecule has 1 aromatic heterocycles. The minimum absolute atomic E-state index is 0.0860. The molecule has 0 radical (unpaired) electrons. The fourth-order valence-corrected chi connectivity index (χ4v) is 3.35. The van der Waals surface area contributed by atoms with Gasteiger partial charge in [-0.05, 0) is 18.8 Å². The van der Waals surface area contributed by atoms with Crippen LogP contribution in [0.2, 0.25) is 0 Å². The van der Waals surface area contributed by atoms with E-state index in [-0.39, 0.29) is 19.1 Å². The van der Waals surface area contributed by atoms with E-state index in [1.807, 2.05) is 4.57 Å². The van der Waals surface area contributed by atoms with Crippen molar-refractivity contribution >= 4 is 16.1 Å². The molecule has 0 saturated carbocycles. The molecule has 1 fully saturated rings. The molecule has 0 spiro atoms. The van der Waals surface area contributed by atoms with E-state index in [2.05, 4.69) is 16.9 Å². The third-order valence-electron chi connectivity index (χ3n) is 3.85. The van der Waals surface area contributed by atoms with Crippen LogP contribution in [0.4, 0.5) is 0 Å². The maximum absolute atomic E-state index is 12.2. The van der Waals surface area contributed by atoms with Crippen LogP contribution in [0.1, 0.15) is 18.5 Å². The smallest absolute Gasteiger partial charge is 0.323 e. The van der Waals surface area contributed by atoms with Crippen molar-refractivity contribution in [2.24, 2.45) is 5.92 Å². The lowest BCUT2D eigenvalue weighted by Gasteiger charge is -2.17. The zero-order chi connectivity index (χ0) is 18.4. The molecule has 2 N–H and O–H groups in total. The van der Waals surface area contributed by atoms with Crippen LogP contribution in [0.15, 0.2) is 25.2 Å². The van der Waals surface area contributed by atoms with Gasteiger partial charge in [-0.3, -0.25) is 14.3 Å². The van der Waals surface area contributed by atoms with Gasteiger partial charge < -0.3 is 14.4 Å². The number of carbonyl (C=O) groups is 1. The fourth-order valence-electron chi connectivity index (χ4n) is 2.79. The predicted octanol–water partition coefficient (Wildman–Crippen LogP) is -0.225. The molecule has 1 aromatic rings. The van der Waals surface area contributed by atoms with Crippen LogP contribution < -0.4 is 5.32 Å². The lowest BCUT2D eigenvalue weighted by molar-refractivity contribution is -0.145.